The normalized spacial score (nSPS) is 18.0. The molecule has 2 unspecified atom stereocenters. The molecule has 2 fully saturated rings. The highest BCUT2D eigenvalue weighted by molar-refractivity contribution is 5.77. The molecule has 0 aliphatic carbocycles. The van der Waals surface area contributed by atoms with E-state index in [4.69, 9.17) is 18.9 Å². The minimum atomic E-state index is 0.263. The number of unbranched alkanes of at least 4 members (excludes halogenated alkanes) is 4. The smallest absolute Gasteiger partial charge is 0.126 e. The number of hydrogen-bond acceptors (Lipinski definition) is 4. The second-order valence-corrected chi connectivity index (χ2v) is 11.1. The molecule has 0 N–H and O–H groups in total. The van der Waals surface area contributed by atoms with Gasteiger partial charge in [0.05, 0.1) is 13.2 Å². The second-order valence-electron chi connectivity index (χ2n) is 11.1. The molecule has 0 amide bonds. The first-order valence-electron chi connectivity index (χ1n) is 15.5. The van der Waals surface area contributed by atoms with E-state index < -0.39 is 0 Å². The summed E-state index contributed by atoms with van der Waals surface area (Å²) in [4.78, 5) is 0. The first kappa shape index (κ1) is 29.0. The summed E-state index contributed by atoms with van der Waals surface area (Å²) in [6.45, 7) is 12.2. The summed E-state index contributed by atoms with van der Waals surface area (Å²) in [5, 5.41) is 0. The second kappa shape index (κ2) is 14.9. The van der Waals surface area contributed by atoms with Crippen LogP contribution in [0.5, 0.6) is 11.5 Å². The van der Waals surface area contributed by atoms with Crippen LogP contribution in [0.25, 0.3) is 11.1 Å². The molecule has 4 heteroatoms. The molecule has 38 heavy (non-hydrogen) atoms. The van der Waals surface area contributed by atoms with Gasteiger partial charge in [-0.15, -0.1) is 0 Å². The molecule has 0 bridgehead atoms. The van der Waals surface area contributed by atoms with Gasteiger partial charge in [-0.05, 0) is 96.9 Å². The van der Waals surface area contributed by atoms with Crippen molar-refractivity contribution in [3.63, 3.8) is 0 Å². The van der Waals surface area contributed by atoms with Crippen LogP contribution in [0.1, 0.15) is 101 Å². The average molecular weight is 523 g/mol. The number of hydrogen-bond donors (Lipinski definition) is 0. The maximum atomic E-state index is 6.74. The maximum absolute atomic E-state index is 6.74. The largest absolute Gasteiger partial charge is 0.491 e. The van der Waals surface area contributed by atoms with Crippen molar-refractivity contribution in [2.24, 2.45) is 0 Å². The molecule has 4 nitrogen and oxygen atoms in total. The fourth-order valence-corrected chi connectivity index (χ4v) is 5.37. The highest BCUT2D eigenvalue weighted by Gasteiger charge is 2.28. The Morgan fingerprint density at radius 1 is 0.605 bits per heavy atom. The van der Waals surface area contributed by atoms with Gasteiger partial charge in [-0.25, -0.2) is 0 Å². The number of epoxide rings is 2. The third-order valence-electron chi connectivity index (χ3n) is 7.80. The van der Waals surface area contributed by atoms with Gasteiger partial charge in [-0.1, -0.05) is 65.5 Å². The van der Waals surface area contributed by atoms with E-state index in [1.54, 1.807) is 0 Å². The number of benzene rings is 2. The predicted octanol–water partition coefficient (Wildman–Crippen LogP) is 8.28. The van der Waals surface area contributed by atoms with E-state index in [9.17, 15) is 0 Å². The van der Waals surface area contributed by atoms with Gasteiger partial charge in [0.25, 0.3) is 0 Å². The van der Waals surface area contributed by atoms with Crippen molar-refractivity contribution in [3.05, 3.63) is 46.5 Å². The van der Waals surface area contributed by atoms with E-state index in [2.05, 4.69) is 52.0 Å². The van der Waals surface area contributed by atoms with E-state index in [1.165, 1.54) is 90.5 Å². The lowest BCUT2D eigenvalue weighted by atomic mass is 9.80. The number of ether oxygens (including phenoxy) is 4. The van der Waals surface area contributed by atoms with Crippen molar-refractivity contribution < 1.29 is 18.9 Å². The van der Waals surface area contributed by atoms with Crippen molar-refractivity contribution >= 4 is 0 Å². The summed E-state index contributed by atoms with van der Waals surface area (Å²) >= 11 is 0. The fourth-order valence-electron chi connectivity index (χ4n) is 5.37. The lowest BCUT2D eigenvalue weighted by Crippen LogP contribution is -2.14. The van der Waals surface area contributed by atoms with Crippen LogP contribution in [0.4, 0.5) is 0 Å². The van der Waals surface area contributed by atoms with Crippen molar-refractivity contribution in [2.45, 2.75) is 117 Å². The molecule has 0 saturated carbocycles. The molecule has 0 aromatic heterocycles. The third kappa shape index (κ3) is 7.99. The van der Waals surface area contributed by atoms with Crippen LogP contribution in [-0.4, -0.2) is 38.6 Å². The lowest BCUT2D eigenvalue weighted by Gasteiger charge is -2.27. The van der Waals surface area contributed by atoms with E-state index >= 15 is 0 Å². The van der Waals surface area contributed by atoms with Crippen LogP contribution in [-0.2, 0) is 35.2 Å². The first-order chi connectivity index (χ1) is 18.7. The monoisotopic (exact) mass is 522 g/mol. The molecule has 210 valence electrons. The van der Waals surface area contributed by atoms with Gasteiger partial charge < -0.3 is 18.9 Å². The van der Waals surface area contributed by atoms with E-state index in [1.807, 2.05) is 0 Å². The van der Waals surface area contributed by atoms with Crippen LogP contribution in [0, 0.1) is 0 Å². The zero-order valence-electron chi connectivity index (χ0n) is 24.4. The van der Waals surface area contributed by atoms with Gasteiger partial charge in [-0.3, -0.25) is 0 Å². The van der Waals surface area contributed by atoms with Crippen LogP contribution >= 0.6 is 0 Å². The minimum Gasteiger partial charge on any atom is -0.491 e. The summed E-state index contributed by atoms with van der Waals surface area (Å²) in [6, 6.07) is 8.87. The lowest BCUT2D eigenvalue weighted by molar-refractivity contribution is 0.258. The Bertz CT molecular complexity index is 948. The molecule has 2 aliphatic rings. The van der Waals surface area contributed by atoms with Crippen LogP contribution < -0.4 is 9.47 Å². The molecular formula is C34H50O4. The van der Waals surface area contributed by atoms with Crippen LogP contribution in [0.15, 0.2) is 24.3 Å². The molecular weight excluding hydrogens is 472 g/mol. The summed E-state index contributed by atoms with van der Waals surface area (Å²) in [6.07, 6.45) is 14.4. The molecule has 2 heterocycles. The molecule has 2 aliphatic heterocycles. The Kier molecular flexibility index (Phi) is 11.4. The minimum absolute atomic E-state index is 0.263. The Balaban J connectivity index is 1.85. The van der Waals surface area contributed by atoms with E-state index in [0.717, 1.165) is 44.6 Å². The Morgan fingerprint density at radius 3 is 1.45 bits per heavy atom. The van der Waals surface area contributed by atoms with Crippen molar-refractivity contribution in [1.82, 2.24) is 0 Å². The fraction of sp³-hybridized carbons (Fsp3) is 0.647. The molecule has 0 radical (unpaired) electrons. The number of rotatable bonds is 19. The summed E-state index contributed by atoms with van der Waals surface area (Å²) < 4.78 is 23.6. The Labute approximate surface area is 231 Å². The van der Waals surface area contributed by atoms with Crippen molar-refractivity contribution in [2.75, 3.05) is 26.4 Å². The SMILES string of the molecule is CCCCc1c(CCCC)c(-c2ccc(OCC3CO3)cc2)c(CCCC)c(CCCC)c1OCC1CO1. The first-order valence-corrected chi connectivity index (χ1v) is 15.5. The average Bonchev–Trinajstić information content (AvgIpc) is 3.87. The molecule has 0 spiro atoms. The van der Waals surface area contributed by atoms with E-state index in [0.29, 0.717) is 13.2 Å². The zero-order valence-corrected chi connectivity index (χ0v) is 24.4. The standard InChI is InChI=1S/C34H50O4/c1-5-9-13-29-31(15-11-7-3)34(38-24-28-23-37-28)32(16-12-8-4)30(14-10-6-2)33(29)25-17-19-26(20-18-25)35-21-27-22-36-27/h17-20,27-28H,5-16,21-24H2,1-4H3. The van der Waals surface area contributed by atoms with Gasteiger partial charge in [-0.2, -0.15) is 0 Å². The molecule has 4 rings (SSSR count). The maximum Gasteiger partial charge on any atom is 0.126 e. The quantitative estimate of drug-likeness (QED) is 0.174. The molecule has 2 aromatic carbocycles. The third-order valence-corrected chi connectivity index (χ3v) is 7.80. The summed E-state index contributed by atoms with van der Waals surface area (Å²) in [5.41, 5.74) is 8.79. The highest BCUT2D eigenvalue weighted by Crippen LogP contribution is 2.43. The van der Waals surface area contributed by atoms with E-state index in [-0.39, 0.29) is 12.2 Å². The van der Waals surface area contributed by atoms with Gasteiger partial charge >= 0.3 is 0 Å². The molecule has 2 atom stereocenters. The van der Waals surface area contributed by atoms with Gasteiger partial charge in [0.2, 0.25) is 0 Å². The summed E-state index contributed by atoms with van der Waals surface area (Å²) in [7, 11) is 0. The summed E-state index contributed by atoms with van der Waals surface area (Å²) in [5.74, 6) is 2.13. The van der Waals surface area contributed by atoms with Gasteiger partial charge in [0.15, 0.2) is 0 Å². The van der Waals surface area contributed by atoms with Gasteiger partial charge in [0.1, 0.15) is 36.9 Å². The Morgan fingerprint density at radius 2 is 1.03 bits per heavy atom. The van der Waals surface area contributed by atoms with Gasteiger partial charge in [0, 0.05) is 0 Å². The molecule has 2 saturated heterocycles. The zero-order chi connectivity index (χ0) is 26.7. The molecule has 2 aromatic rings. The highest BCUT2D eigenvalue weighted by atomic mass is 16.6. The predicted molar refractivity (Wildman–Crippen MR) is 157 cm³/mol. The van der Waals surface area contributed by atoms with Crippen molar-refractivity contribution in [1.29, 1.82) is 0 Å². The van der Waals surface area contributed by atoms with Crippen LogP contribution in [0.3, 0.4) is 0 Å². The van der Waals surface area contributed by atoms with Crippen molar-refractivity contribution in [3.8, 4) is 22.6 Å². The van der Waals surface area contributed by atoms with Crippen LogP contribution in [0.2, 0.25) is 0 Å². The Hall–Kier alpha value is -2.04. The topological polar surface area (TPSA) is 43.5 Å².